The molecule has 1 aromatic rings. The van der Waals surface area contributed by atoms with Gasteiger partial charge in [-0.3, -0.25) is 4.79 Å². The van der Waals surface area contributed by atoms with Crippen LogP contribution in [0.25, 0.3) is 0 Å². The second-order valence-electron chi connectivity index (χ2n) is 2.84. The number of amides is 1. The van der Waals surface area contributed by atoms with Crippen LogP contribution in [0.1, 0.15) is 17.0 Å². The fourth-order valence-corrected chi connectivity index (χ4v) is 0.968. The van der Waals surface area contributed by atoms with Gasteiger partial charge in [-0.05, 0) is 11.6 Å². The Bertz CT molecular complexity index is 311. The van der Waals surface area contributed by atoms with Crippen molar-refractivity contribution in [3.63, 3.8) is 0 Å². The molecule has 0 spiro atoms. The van der Waals surface area contributed by atoms with Crippen LogP contribution in [0, 0.1) is 0 Å². The van der Waals surface area contributed by atoms with Crippen LogP contribution in [0.3, 0.4) is 0 Å². The van der Waals surface area contributed by atoms with E-state index in [0.29, 0.717) is 13.2 Å². The standard InChI is InChI=1S/C9H14N2O4/c1-13-5-3-4-10-9(12)7-6-8(14-2)11-15-7/h6H,3-5H2,1-2H3,(H,10,12). The highest BCUT2D eigenvalue weighted by Gasteiger charge is 2.12. The highest BCUT2D eigenvalue weighted by atomic mass is 16.5. The van der Waals surface area contributed by atoms with E-state index in [1.807, 2.05) is 0 Å². The summed E-state index contributed by atoms with van der Waals surface area (Å²) in [5.41, 5.74) is 0. The Hall–Kier alpha value is -1.56. The molecule has 0 aliphatic rings. The first-order valence-electron chi connectivity index (χ1n) is 4.55. The summed E-state index contributed by atoms with van der Waals surface area (Å²) in [7, 11) is 3.07. The zero-order valence-electron chi connectivity index (χ0n) is 8.78. The van der Waals surface area contributed by atoms with E-state index >= 15 is 0 Å². The van der Waals surface area contributed by atoms with Crippen molar-refractivity contribution in [3.8, 4) is 5.88 Å². The zero-order valence-corrected chi connectivity index (χ0v) is 8.78. The van der Waals surface area contributed by atoms with Crippen molar-refractivity contribution < 1.29 is 18.8 Å². The van der Waals surface area contributed by atoms with Crippen LogP contribution in [0.2, 0.25) is 0 Å². The van der Waals surface area contributed by atoms with E-state index < -0.39 is 0 Å². The van der Waals surface area contributed by atoms with E-state index in [2.05, 4.69) is 10.5 Å². The zero-order chi connectivity index (χ0) is 11.1. The Morgan fingerprint density at radius 1 is 1.60 bits per heavy atom. The van der Waals surface area contributed by atoms with Crippen LogP contribution in [-0.2, 0) is 4.74 Å². The lowest BCUT2D eigenvalue weighted by molar-refractivity contribution is 0.0911. The molecule has 0 aromatic carbocycles. The lowest BCUT2D eigenvalue weighted by Crippen LogP contribution is -2.24. The van der Waals surface area contributed by atoms with Crippen LogP contribution < -0.4 is 10.1 Å². The number of hydrogen-bond acceptors (Lipinski definition) is 5. The van der Waals surface area contributed by atoms with Crippen LogP contribution in [0.4, 0.5) is 0 Å². The van der Waals surface area contributed by atoms with Gasteiger partial charge in [0.2, 0.25) is 5.76 Å². The smallest absolute Gasteiger partial charge is 0.290 e. The third-order valence-electron chi connectivity index (χ3n) is 1.73. The van der Waals surface area contributed by atoms with E-state index in [1.165, 1.54) is 13.2 Å². The van der Waals surface area contributed by atoms with Crippen LogP contribution in [0.5, 0.6) is 5.88 Å². The molecule has 0 aliphatic carbocycles. The lowest BCUT2D eigenvalue weighted by atomic mass is 10.4. The maximum absolute atomic E-state index is 11.4. The topological polar surface area (TPSA) is 73.6 Å². The predicted molar refractivity (Wildman–Crippen MR) is 51.9 cm³/mol. The number of methoxy groups -OCH3 is 2. The van der Waals surface area contributed by atoms with Gasteiger partial charge < -0.3 is 19.3 Å². The summed E-state index contributed by atoms with van der Waals surface area (Å²) in [6.45, 7) is 1.15. The quantitative estimate of drug-likeness (QED) is 0.696. The summed E-state index contributed by atoms with van der Waals surface area (Å²) in [6, 6.07) is 1.44. The Balaban J connectivity index is 2.33. The molecule has 0 saturated carbocycles. The lowest BCUT2D eigenvalue weighted by Gasteiger charge is -2.00. The largest absolute Gasteiger partial charge is 0.479 e. The van der Waals surface area contributed by atoms with Gasteiger partial charge >= 0.3 is 0 Å². The van der Waals surface area contributed by atoms with Gasteiger partial charge in [-0.1, -0.05) is 0 Å². The minimum Gasteiger partial charge on any atom is -0.479 e. The van der Waals surface area contributed by atoms with Crippen molar-refractivity contribution >= 4 is 5.91 Å². The molecule has 1 N–H and O–H groups in total. The predicted octanol–water partition coefficient (Wildman–Crippen LogP) is 0.449. The molecular formula is C9H14N2O4. The van der Waals surface area contributed by atoms with Crippen molar-refractivity contribution in [2.75, 3.05) is 27.4 Å². The monoisotopic (exact) mass is 214 g/mol. The Morgan fingerprint density at radius 2 is 2.40 bits per heavy atom. The van der Waals surface area contributed by atoms with Crippen molar-refractivity contribution in [1.82, 2.24) is 10.5 Å². The maximum Gasteiger partial charge on any atom is 0.290 e. The number of carbonyl (C=O) groups excluding carboxylic acids is 1. The summed E-state index contributed by atoms with van der Waals surface area (Å²) >= 11 is 0. The summed E-state index contributed by atoms with van der Waals surface area (Å²) in [6.07, 6.45) is 0.757. The Labute approximate surface area is 87.5 Å². The average molecular weight is 214 g/mol. The normalized spacial score (nSPS) is 10.0. The van der Waals surface area contributed by atoms with Crippen LogP contribution in [0.15, 0.2) is 10.6 Å². The second kappa shape index (κ2) is 6.02. The van der Waals surface area contributed by atoms with Gasteiger partial charge in [0.25, 0.3) is 11.8 Å². The molecule has 84 valence electrons. The molecule has 6 heteroatoms. The number of nitrogens with one attached hydrogen (secondary N) is 1. The van der Waals surface area contributed by atoms with Gasteiger partial charge in [-0.15, -0.1) is 0 Å². The molecular weight excluding hydrogens is 200 g/mol. The first-order chi connectivity index (χ1) is 7.27. The third kappa shape index (κ3) is 3.59. The van der Waals surface area contributed by atoms with E-state index in [9.17, 15) is 4.79 Å². The molecule has 6 nitrogen and oxygen atoms in total. The minimum atomic E-state index is -0.304. The molecule has 0 bridgehead atoms. The first-order valence-corrected chi connectivity index (χ1v) is 4.55. The molecule has 1 heterocycles. The van der Waals surface area contributed by atoms with E-state index in [4.69, 9.17) is 14.0 Å². The minimum absolute atomic E-state index is 0.143. The molecule has 15 heavy (non-hydrogen) atoms. The van der Waals surface area contributed by atoms with Crippen molar-refractivity contribution in [2.45, 2.75) is 6.42 Å². The Kier molecular flexibility index (Phi) is 4.62. The molecule has 1 rings (SSSR count). The summed E-state index contributed by atoms with van der Waals surface area (Å²) in [4.78, 5) is 11.4. The number of ether oxygens (including phenoxy) is 2. The SMILES string of the molecule is COCCCNC(=O)c1cc(OC)no1. The third-order valence-corrected chi connectivity index (χ3v) is 1.73. The van der Waals surface area contributed by atoms with Crippen LogP contribution in [-0.4, -0.2) is 38.4 Å². The molecule has 0 aliphatic heterocycles. The number of aromatic nitrogens is 1. The molecule has 1 amide bonds. The van der Waals surface area contributed by atoms with E-state index in [1.54, 1.807) is 7.11 Å². The molecule has 0 fully saturated rings. The maximum atomic E-state index is 11.4. The van der Waals surface area contributed by atoms with Gasteiger partial charge in [0.1, 0.15) is 0 Å². The Morgan fingerprint density at radius 3 is 3.00 bits per heavy atom. The fourth-order valence-electron chi connectivity index (χ4n) is 0.968. The van der Waals surface area contributed by atoms with Gasteiger partial charge in [-0.2, -0.15) is 0 Å². The van der Waals surface area contributed by atoms with Gasteiger partial charge in [0.05, 0.1) is 13.2 Å². The van der Waals surface area contributed by atoms with Gasteiger partial charge in [-0.25, -0.2) is 0 Å². The van der Waals surface area contributed by atoms with Gasteiger partial charge in [0.15, 0.2) is 0 Å². The van der Waals surface area contributed by atoms with Crippen molar-refractivity contribution in [2.24, 2.45) is 0 Å². The van der Waals surface area contributed by atoms with Crippen molar-refractivity contribution in [3.05, 3.63) is 11.8 Å². The highest BCUT2D eigenvalue weighted by Crippen LogP contribution is 2.09. The number of hydrogen-bond donors (Lipinski definition) is 1. The number of carbonyl (C=O) groups is 1. The summed E-state index contributed by atoms with van der Waals surface area (Å²) in [5, 5.41) is 6.18. The summed E-state index contributed by atoms with van der Waals surface area (Å²) < 4.78 is 14.4. The highest BCUT2D eigenvalue weighted by molar-refractivity contribution is 5.91. The van der Waals surface area contributed by atoms with Crippen molar-refractivity contribution in [1.29, 1.82) is 0 Å². The molecule has 0 unspecified atom stereocenters. The van der Waals surface area contributed by atoms with Gasteiger partial charge in [0, 0.05) is 20.3 Å². The molecule has 0 atom stereocenters. The number of rotatable bonds is 6. The first kappa shape index (κ1) is 11.5. The van der Waals surface area contributed by atoms with Crippen LogP contribution >= 0.6 is 0 Å². The molecule has 0 radical (unpaired) electrons. The number of nitrogens with zero attached hydrogens (tertiary/aromatic N) is 1. The second-order valence-corrected chi connectivity index (χ2v) is 2.84. The summed E-state index contributed by atoms with van der Waals surface area (Å²) in [5.74, 6) is 0.128. The molecule has 0 saturated heterocycles. The average Bonchev–Trinajstić information content (AvgIpc) is 2.72. The fraction of sp³-hybridized carbons (Fsp3) is 0.556. The molecule has 1 aromatic heterocycles. The van der Waals surface area contributed by atoms with E-state index in [-0.39, 0.29) is 17.5 Å². The van der Waals surface area contributed by atoms with E-state index in [0.717, 1.165) is 6.42 Å².